The highest BCUT2D eigenvalue weighted by molar-refractivity contribution is 5.60. The van der Waals surface area contributed by atoms with Crippen LogP contribution in [0.15, 0.2) is 43.5 Å². The van der Waals surface area contributed by atoms with Crippen LogP contribution in [0, 0.1) is 12.3 Å². The number of fused-ring (bicyclic) bond motifs is 1. The van der Waals surface area contributed by atoms with Gasteiger partial charge in [0.15, 0.2) is 0 Å². The van der Waals surface area contributed by atoms with Crippen molar-refractivity contribution in [2.45, 2.75) is 25.3 Å². The second-order valence-electron chi connectivity index (χ2n) is 4.65. The van der Waals surface area contributed by atoms with Gasteiger partial charge in [-0.2, -0.15) is 0 Å². The van der Waals surface area contributed by atoms with Gasteiger partial charge in [-0.1, -0.05) is 18.1 Å². The Morgan fingerprint density at radius 3 is 2.89 bits per heavy atom. The predicted molar refractivity (Wildman–Crippen MR) is 78.8 cm³/mol. The lowest BCUT2D eigenvalue weighted by atomic mass is 9.92. The van der Waals surface area contributed by atoms with E-state index >= 15 is 0 Å². The van der Waals surface area contributed by atoms with E-state index in [4.69, 9.17) is 6.42 Å². The van der Waals surface area contributed by atoms with Crippen LogP contribution < -0.4 is 4.90 Å². The Kier molecular flexibility index (Phi) is 3.89. The van der Waals surface area contributed by atoms with Crippen LogP contribution in [0.2, 0.25) is 0 Å². The van der Waals surface area contributed by atoms with Crippen molar-refractivity contribution >= 4 is 5.69 Å². The minimum atomic E-state index is 0.532. The second kappa shape index (κ2) is 5.60. The third-order valence-electron chi connectivity index (χ3n) is 3.51. The van der Waals surface area contributed by atoms with Crippen LogP contribution in [0.4, 0.5) is 5.69 Å². The molecule has 0 aliphatic carbocycles. The van der Waals surface area contributed by atoms with Crippen LogP contribution in [-0.4, -0.2) is 12.6 Å². The van der Waals surface area contributed by atoms with Gasteiger partial charge in [0.2, 0.25) is 0 Å². The topological polar surface area (TPSA) is 3.24 Å². The number of hydrogen-bond donors (Lipinski definition) is 0. The van der Waals surface area contributed by atoms with Gasteiger partial charge in [-0.05, 0) is 43.0 Å². The van der Waals surface area contributed by atoms with Gasteiger partial charge in [0, 0.05) is 23.8 Å². The minimum absolute atomic E-state index is 0.532. The molecule has 0 aromatic heterocycles. The summed E-state index contributed by atoms with van der Waals surface area (Å²) < 4.78 is 0. The molecule has 1 heterocycles. The molecule has 0 amide bonds. The highest BCUT2D eigenvalue weighted by Gasteiger charge is 2.24. The molecule has 2 rings (SSSR count). The lowest BCUT2D eigenvalue weighted by Gasteiger charge is -2.38. The van der Waals surface area contributed by atoms with E-state index in [9.17, 15) is 0 Å². The lowest BCUT2D eigenvalue weighted by molar-refractivity contribution is 0.548. The molecule has 92 valence electrons. The molecule has 1 unspecified atom stereocenters. The molecule has 18 heavy (non-hydrogen) atoms. The van der Waals surface area contributed by atoms with Gasteiger partial charge in [0.25, 0.3) is 0 Å². The first-order valence-corrected chi connectivity index (χ1v) is 6.38. The Morgan fingerprint density at radius 2 is 2.22 bits per heavy atom. The zero-order valence-corrected chi connectivity index (χ0v) is 10.7. The van der Waals surface area contributed by atoms with E-state index in [0.717, 1.165) is 31.4 Å². The molecule has 1 heteroatoms. The molecule has 0 radical (unpaired) electrons. The average molecular weight is 237 g/mol. The minimum Gasteiger partial charge on any atom is -0.364 e. The molecular weight excluding hydrogens is 218 g/mol. The van der Waals surface area contributed by atoms with Gasteiger partial charge >= 0.3 is 0 Å². The molecule has 1 aliphatic heterocycles. The van der Waals surface area contributed by atoms with E-state index in [1.165, 1.54) is 11.3 Å². The molecule has 0 saturated carbocycles. The van der Waals surface area contributed by atoms with Crippen molar-refractivity contribution in [3.8, 4) is 12.3 Å². The highest BCUT2D eigenvalue weighted by Crippen LogP contribution is 2.32. The first kappa shape index (κ1) is 12.5. The summed E-state index contributed by atoms with van der Waals surface area (Å²) in [4.78, 5) is 2.41. The molecular formula is C17H19N. The van der Waals surface area contributed by atoms with Crippen molar-refractivity contribution in [2.75, 3.05) is 11.4 Å². The van der Waals surface area contributed by atoms with Crippen LogP contribution in [0.1, 0.15) is 24.0 Å². The van der Waals surface area contributed by atoms with Crippen molar-refractivity contribution < 1.29 is 0 Å². The Bertz CT molecular complexity index is 493. The first-order valence-electron chi connectivity index (χ1n) is 6.38. The molecule has 1 atom stereocenters. The first-order chi connectivity index (χ1) is 8.80. The van der Waals surface area contributed by atoms with E-state index in [0.29, 0.717) is 6.04 Å². The maximum Gasteiger partial charge on any atom is 0.0405 e. The SMILES string of the molecule is C#Cc1ccc2c(c1)CCC(CC=C)N2CC=C. The molecule has 1 aromatic rings. The molecule has 0 saturated heterocycles. The molecule has 0 N–H and O–H groups in total. The highest BCUT2D eigenvalue weighted by atomic mass is 15.2. The summed E-state index contributed by atoms with van der Waals surface area (Å²) in [6, 6.07) is 6.83. The summed E-state index contributed by atoms with van der Waals surface area (Å²) in [5.41, 5.74) is 3.62. The fourth-order valence-corrected chi connectivity index (χ4v) is 2.65. The fourth-order valence-electron chi connectivity index (χ4n) is 2.65. The van der Waals surface area contributed by atoms with E-state index in [2.05, 4.69) is 36.1 Å². The zero-order chi connectivity index (χ0) is 13.0. The third-order valence-corrected chi connectivity index (χ3v) is 3.51. The maximum atomic E-state index is 5.46. The van der Waals surface area contributed by atoms with Crippen molar-refractivity contribution in [1.29, 1.82) is 0 Å². The van der Waals surface area contributed by atoms with Gasteiger partial charge in [-0.15, -0.1) is 19.6 Å². The summed E-state index contributed by atoms with van der Waals surface area (Å²) in [5.74, 6) is 2.71. The molecule has 1 aliphatic rings. The summed E-state index contributed by atoms with van der Waals surface area (Å²) in [6.45, 7) is 8.59. The van der Waals surface area contributed by atoms with Crippen LogP contribution in [0.5, 0.6) is 0 Å². The van der Waals surface area contributed by atoms with Gasteiger partial charge in [0.05, 0.1) is 0 Å². The second-order valence-corrected chi connectivity index (χ2v) is 4.65. The van der Waals surface area contributed by atoms with Crippen molar-refractivity contribution in [2.24, 2.45) is 0 Å². The van der Waals surface area contributed by atoms with Crippen LogP contribution in [0.25, 0.3) is 0 Å². The van der Waals surface area contributed by atoms with E-state index in [-0.39, 0.29) is 0 Å². The number of hydrogen-bond acceptors (Lipinski definition) is 1. The standard InChI is InChI=1S/C17H19N/c1-4-7-16-10-9-15-13-14(6-3)8-11-17(15)18(16)12-5-2/h3-5,8,11,13,16H,1-2,7,9-10,12H2. The Balaban J connectivity index is 2.36. The number of anilines is 1. The fraction of sp³-hybridized carbons (Fsp3) is 0.294. The molecule has 0 bridgehead atoms. The number of nitrogens with zero attached hydrogens (tertiary/aromatic N) is 1. The largest absolute Gasteiger partial charge is 0.364 e. The Labute approximate surface area is 110 Å². The zero-order valence-electron chi connectivity index (χ0n) is 10.7. The smallest absolute Gasteiger partial charge is 0.0405 e. The van der Waals surface area contributed by atoms with E-state index in [1.54, 1.807) is 0 Å². The normalized spacial score (nSPS) is 17.7. The Hall–Kier alpha value is -1.94. The predicted octanol–water partition coefficient (Wildman–Crippen LogP) is 3.55. The average Bonchev–Trinajstić information content (AvgIpc) is 2.41. The van der Waals surface area contributed by atoms with Crippen LogP contribution >= 0.6 is 0 Å². The molecule has 1 aromatic carbocycles. The molecule has 0 fully saturated rings. The molecule has 1 nitrogen and oxygen atoms in total. The quantitative estimate of drug-likeness (QED) is 0.572. The third kappa shape index (κ3) is 2.33. The number of aryl methyl sites for hydroxylation is 1. The number of terminal acetylenes is 1. The summed E-state index contributed by atoms with van der Waals surface area (Å²) >= 11 is 0. The van der Waals surface area contributed by atoms with E-state index < -0.39 is 0 Å². The van der Waals surface area contributed by atoms with Gasteiger partial charge in [0.1, 0.15) is 0 Å². The van der Waals surface area contributed by atoms with Crippen molar-refractivity contribution in [3.63, 3.8) is 0 Å². The monoisotopic (exact) mass is 237 g/mol. The van der Waals surface area contributed by atoms with Crippen LogP contribution in [-0.2, 0) is 6.42 Å². The number of benzene rings is 1. The Morgan fingerprint density at radius 1 is 1.39 bits per heavy atom. The lowest BCUT2D eigenvalue weighted by Crippen LogP contribution is -2.39. The number of rotatable bonds is 4. The van der Waals surface area contributed by atoms with Crippen LogP contribution in [0.3, 0.4) is 0 Å². The van der Waals surface area contributed by atoms with Crippen molar-refractivity contribution in [3.05, 3.63) is 54.6 Å². The van der Waals surface area contributed by atoms with Gasteiger partial charge in [-0.25, -0.2) is 0 Å². The van der Waals surface area contributed by atoms with Crippen molar-refractivity contribution in [1.82, 2.24) is 0 Å². The van der Waals surface area contributed by atoms with Gasteiger partial charge < -0.3 is 4.90 Å². The summed E-state index contributed by atoms with van der Waals surface area (Å²) in [7, 11) is 0. The van der Waals surface area contributed by atoms with Gasteiger partial charge in [-0.3, -0.25) is 0 Å². The summed E-state index contributed by atoms with van der Waals surface area (Å²) in [6.07, 6.45) is 12.7. The molecule has 0 spiro atoms. The summed E-state index contributed by atoms with van der Waals surface area (Å²) in [5, 5.41) is 0. The van der Waals surface area contributed by atoms with E-state index in [1.807, 2.05) is 18.2 Å². The maximum absolute atomic E-state index is 5.46.